The van der Waals surface area contributed by atoms with Crippen molar-refractivity contribution >= 4 is 18.7 Å². The van der Waals surface area contributed by atoms with Gasteiger partial charge < -0.3 is 18.9 Å². The molecule has 160 valence electrons. The minimum atomic E-state index is -0.448. The third-order valence-electron chi connectivity index (χ3n) is 6.90. The number of nitrogens with zero attached hydrogens (tertiary/aromatic N) is 3. The molecule has 0 radical (unpaired) electrons. The normalized spacial score (nSPS) is 30.7. The van der Waals surface area contributed by atoms with Crippen molar-refractivity contribution in [2.24, 2.45) is 11.8 Å². The van der Waals surface area contributed by atoms with E-state index in [1.807, 2.05) is 31.9 Å². The average molecular weight is 403 g/mol. The zero-order valence-corrected chi connectivity index (χ0v) is 18.8. The topological polar surface area (TPSA) is 65.8 Å². The Hall–Kier alpha value is -1.54. The fourth-order valence-corrected chi connectivity index (χ4v) is 4.61. The molecule has 2 unspecified atom stereocenters. The number of hydrogen-bond donors (Lipinski definition) is 0. The molecule has 0 spiro atoms. The molecule has 1 amide bonds. The van der Waals surface area contributed by atoms with E-state index in [-0.39, 0.29) is 24.4 Å². The van der Waals surface area contributed by atoms with E-state index in [4.69, 9.17) is 14.0 Å². The lowest BCUT2D eigenvalue weighted by Gasteiger charge is -2.32. The molecule has 3 fully saturated rings. The number of fused-ring (bicyclic) bond motifs is 1. The number of likely N-dealkylation sites (tertiary alicyclic amines) is 1. The van der Waals surface area contributed by atoms with Crippen LogP contribution in [0.3, 0.4) is 0 Å². The maximum absolute atomic E-state index is 12.4. The van der Waals surface area contributed by atoms with Crippen molar-refractivity contribution in [2.75, 3.05) is 13.1 Å². The van der Waals surface area contributed by atoms with Gasteiger partial charge in [-0.1, -0.05) is 0 Å². The van der Waals surface area contributed by atoms with Crippen LogP contribution in [0.1, 0.15) is 67.3 Å². The number of aromatic nitrogens is 2. The Morgan fingerprint density at radius 3 is 2.21 bits per heavy atom. The first-order valence-electron chi connectivity index (χ1n) is 10.7. The Kier molecular flexibility index (Phi) is 4.82. The summed E-state index contributed by atoms with van der Waals surface area (Å²) in [5.41, 5.74) is -0.183. The van der Waals surface area contributed by atoms with Gasteiger partial charge in [-0.3, -0.25) is 4.68 Å². The Morgan fingerprint density at radius 2 is 1.69 bits per heavy atom. The van der Waals surface area contributed by atoms with Crippen molar-refractivity contribution in [3.8, 4) is 0 Å². The summed E-state index contributed by atoms with van der Waals surface area (Å²) < 4.78 is 19.9. The van der Waals surface area contributed by atoms with E-state index < -0.39 is 5.60 Å². The molecule has 3 aliphatic rings. The van der Waals surface area contributed by atoms with Crippen molar-refractivity contribution in [3.05, 3.63) is 12.4 Å². The molecule has 0 N–H and O–H groups in total. The number of ether oxygens (including phenoxy) is 1. The average Bonchev–Trinajstić information content (AvgIpc) is 3.28. The SMILES string of the molecule is CC(C)(C)OC(=O)N1CC2CC(n3cc(B4OC(C)(C)C(C)(C)O4)cn3)CC2C1. The van der Waals surface area contributed by atoms with Gasteiger partial charge in [0.05, 0.1) is 17.2 Å². The fourth-order valence-electron chi connectivity index (χ4n) is 4.61. The van der Waals surface area contributed by atoms with Gasteiger partial charge in [-0.15, -0.1) is 0 Å². The summed E-state index contributed by atoms with van der Waals surface area (Å²) in [4.78, 5) is 14.2. The summed E-state index contributed by atoms with van der Waals surface area (Å²) in [6.07, 6.45) is 5.82. The molecule has 0 aromatic carbocycles. The quantitative estimate of drug-likeness (QED) is 0.711. The molecule has 7 nitrogen and oxygen atoms in total. The standard InChI is InChI=1S/C21H34BN3O4/c1-19(2,3)27-18(26)24-11-14-8-17(9-15(14)12-24)25-13-16(10-23-25)22-28-20(4,5)21(6,7)29-22/h10,13-15,17H,8-9,11-12H2,1-7H3. The first-order chi connectivity index (χ1) is 13.3. The van der Waals surface area contributed by atoms with E-state index in [0.29, 0.717) is 17.9 Å². The van der Waals surface area contributed by atoms with Gasteiger partial charge in [0.2, 0.25) is 0 Å². The van der Waals surface area contributed by atoms with E-state index in [0.717, 1.165) is 31.4 Å². The summed E-state index contributed by atoms with van der Waals surface area (Å²) in [5.74, 6) is 1.02. The van der Waals surface area contributed by atoms with E-state index in [1.54, 1.807) is 0 Å². The number of carbonyl (C=O) groups is 1. The number of amides is 1. The number of rotatable bonds is 2. The molecule has 0 bridgehead atoms. The van der Waals surface area contributed by atoms with Crippen molar-refractivity contribution < 1.29 is 18.8 Å². The second kappa shape index (κ2) is 6.74. The smallest absolute Gasteiger partial charge is 0.444 e. The fraction of sp³-hybridized carbons (Fsp3) is 0.810. The van der Waals surface area contributed by atoms with Gasteiger partial charge in [0.25, 0.3) is 0 Å². The van der Waals surface area contributed by atoms with Gasteiger partial charge >= 0.3 is 13.2 Å². The van der Waals surface area contributed by atoms with Crippen LogP contribution in [-0.2, 0) is 14.0 Å². The molecule has 1 saturated carbocycles. The van der Waals surface area contributed by atoms with Crippen LogP contribution in [0.2, 0.25) is 0 Å². The molecule has 8 heteroatoms. The van der Waals surface area contributed by atoms with Gasteiger partial charge in [0, 0.05) is 30.9 Å². The summed E-state index contributed by atoms with van der Waals surface area (Å²) in [7, 11) is -0.377. The summed E-state index contributed by atoms with van der Waals surface area (Å²) in [6.45, 7) is 15.5. The predicted octanol–water partition coefficient (Wildman–Crippen LogP) is 3.00. The molecule has 2 saturated heterocycles. The summed E-state index contributed by atoms with van der Waals surface area (Å²) in [6, 6.07) is 0.363. The highest BCUT2D eigenvalue weighted by atomic mass is 16.7. The lowest BCUT2D eigenvalue weighted by molar-refractivity contribution is 0.00578. The molecule has 3 heterocycles. The second-order valence-electron chi connectivity index (χ2n) is 10.9. The largest absolute Gasteiger partial charge is 0.498 e. The summed E-state index contributed by atoms with van der Waals surface area (Å²) >= 11 is 0. The molecule has 2 aliphatic heterocycles. The monoisotopic (exact) mass is 403 g/mol. The van der Waals surface area contributed by atoms with Gasteiger partial charge in [0.15, 0.2) is 0 Å². The summed E-state index contributed by atoms with van der Waals surface area (Å²) in [5, 5.41) is 4.62. The van der Waals surface area contributed by atoms with Gasteiger partial charge in [-0.05, 0) is 73.1 Å². The highest BCUT2D eigenvalue weighted by Crippen LogP contribution is 2.44. The van der Waals surface area contributed by atoms with E-state index in [9.17, 15) is 4.79 Å². The van der Waals surface area contributed by atoms with Crippen LogP contribution in [-0.4, -0.2) is 57.8 Å². The van der Waals surface area contributed by atoms with Crippen LogP contribution in [0, 0.1) is 11.8 Å². The molecule has 1 aromatic rings. The highest BCUT2D eigenvalue weighted by Gasteiger charge is 2.52. The third-order valence-corrected chi connectivity index (χ3v) is 6.90. The lowest BCUT2D eigenvalue weighted by atomic mass is 9.82. The zero-order valence-electron chi connectivity index (χ0n) is 18.8. The van der Waals surface area contributed by atoms with Crippen molar-refractivity contribution in [1.29, 1.82) is 0 Å². The van der Waals surface area contributed by atoms with Crippen LogP contribution in [0.4, 0.5) is 4.79 Å². The minimum Gasteiger partial charge on any atom is -0.444 e. The first-order valence-corrected chi connectivity index (χ1v) is 10.7. The predicted molar refractivity (Wildman–Crippen MR) is 111 cm³/mol. The molecule has 29 heavy (non-hydrogen) atoms. The van der Waals surface area contributed by atoms with Crippen LogP contribution in [0.25, 0.3) is 0 Å². The van der Waals surface area contributed by atoms with Crippen LogP contribution in [0.5, 0.6) is 0 Å². The van der Waals surface area contributed by atoms with Crippen LogP contribution >= 0.6 is 0 Å². The third kappa shape index (κ3) is 3.93. The van der Waals surface area contributed by atoms with Crippen LogP contribution in [0.15, 0.2) is 12.4 Å². The Labute approximate surface area is 174 Å². The van der Waals surface area contributed by atoms with Crippen molar-refractivity contribution in [1.82, 2.24) is 14.7 Å². The zero-order chi connectivity index (χ0) is 21.2. The molecular formula is C21H34BN3O4. The Morgan fingerprint density at radius 1 is 1.14 bits per heavy atom. The number of hydrogen-bond acceptors (Lipinski definition) is 5. The molecule has 1 aliphatic carbocycles. The van der Waals surface area contributed by atoms with Gasteiger partial charge in [-0.2, -0.15) is 5.10 Å². The Balaban J connectivity index is 1.36. The maximum atomic E-state index is 12.4. The maximum Gasteiger partial charge on any atom is 0.498 e. The molecule has 2 atom stereocenters. The van der Waals surface area contributed by atoms with Crippen LogP contribution < -0.4 is 5.46 Å². The molecular weight excluding hydrogens is 369 g/mol. The van der Waals surface area contributed by atoms with E-state index >= 15 is 0 Å². The van der Waals surface area contributed by atoms with Gasteiger partial charge in [0.1, 0.15) is 5.60 Å². The minimum absolute atomic E-state index is 0.189. The second-order valence-corrected chi connectivity index (χ2v) is 10.9. The molecule has 4 rings (SSSR count). The Bertz CT molecular complexity index is 755. The van der Waals surface area contributed by atoms with Crippen molar-refractivity contribution in [3.63, 3.8) is 0 Å². The number of carbonyl (C=O) groups excluding carboxylic acids is 1. The highest BCUT2D eigenvalue weighted by molar-refractivity contribution is 6.62. The van der Waals surface area contributed by atoms with E-state index in [1.165, 1.54) is 0 Å². The van der Waals surface area contributed by atoms with Crippen molar-refractivity contribution in [2.45, 2.75) is 84.2 Å². The van der Waals surface area contributed by atoms with Gasteiger partial charge in [-0.25, -0.2) is 4.79 Å². The van der Waals surface area contributed by atoms with E-state index in [2.05, 4.69) is 43.7 Å². The lowest BCUT2D eigenvalue weighted by Crippen LogP contribution is -2.41. The molecule has 1 aromatic heterocycles. The first kappa shape index (κ1) is 20.7.